The third-order valence-electron chi connectivity index (χ3n) is 4.16. The minimum Gasteiger partial charge on any atom is -0.357 e. The third kappa shape index (κ3) is 8.97. The zero-order valence-corrected chi connectivity index (χ0v) is 21.2. The lowest BCUT2D eigenvalue weighted by Gasteiger charge is -2.11. The van der Waals surface area contributed by atoms with Crippen molar-refractivity contribution in [3.63, 3.8) is 0 Å². The van der Waals surface area contributed by atoms with Gasteiger partial charge in [0.2, 0.25) is 10.0 Å². The van der Waals surface area contributed by atoms with Crippen LogP contribution in [0.15, 0.2) is 29.3 Å². The van der Waals surface area contributed by atoms with E-state index in [4.69, 9.17) is 0 Å². The van der Waals surface area contributed by atoms with Crippen LogP contribution in [0.1, 0.15) is 33.6 Å². The summed E-state index contributed by atoms with van der Waals surface area (Å²) in [6.45, 7) is 8.22. The van der Waals surface area contributed by atoms with Crippen LogP contribution in [0.3, 0.4) is 0 Å². The van der Waals surface area contributed by atoms with Gasteiger partial charge >= 0.3 is 0 Å². The first-order valence-corrected chi connectivity index (χ1v) is 11.7. The monoisotopic (exact) mass is 551 g/mol. The fourth-order valence-electron chi connectivity index (χ4n) is 2.48. The van der Waals surface area contributed by atoms with Crippen molar-refractivity contribution in [2.45, 2.75) is 39.5 Å². The number of nitrogens with zero attached hydrogens (tertiary/aromatic N) is 2. The zero-order valence-electron chi connectivity index (χ0n) is 17.3. The molecule has 0 radical (unpaired) electrons. The fraction of sp³-hybridized carbons (Fsp3) is 0.474. The molecule has 0 aliphatic carbocycles. The maximum atomic E-state index is 11.6. The number of nitrogens with one attached hydrogen (secondary N) is 3. The molecule has 1 aromatic carbocycles. The number of halogens is 1. The number of rotatable bonds is 9. The highest BCUT2D eigenvalue weighted by Crippen LogP contribution is 2.16. The number of hydrogen-bond acceptors (Lipinski definition) is 5. The van der Waals surface area contributed by atoms with E-state index in [0.717, 1.165) is 47.3 Å². The molecule has 162 valence electrons. The van der Waals surface area contributed by atoms with Gasteiger partial charge in [0.25, 0.3) is 0 Å². The predicted molar refractivity (Wildman–Crippen MR) is 132 cm³/mol. The molecule has 0 amide bonds. The molecule has 0 fully saturated rings. The second-order valence-corrected chi connectivity index (χ2v) is 9.62. The molecule has 0 atom stereocenters. The van der Waals surface area contributed by atoms with Crippen molar-refractivity contribution in [1.29, 1.82) is 0 Å². The van der Waals surface area contributed by atoms with Crippen molar-refractivity contribution >= 4 is 51.3 Å². The van der Waals surface area contributed by atoms with E-state index in [1.54, 1.807) is 11.3 Å². The Bertz CT molecular complexity index is 876. The Morgan fingerprint density at radius 3 is 2.34 bits per heavy atom. The van der Waals surface area contributed by atoms with Crippen molar-refractivity contribution in [3.05, 3.63) is 51.0 Å². The molecule has 0 aliphatic rings. The Labute approximate surface area is 194 Å². The molecular formula is C19H30IN5O2S2. The molecule has 10 heteroatoms. The van der Waals surface area contributed by atoms with E-state index >= 15 is 0 Å². The summed E-state index contributed by atoms with van der Waals surface area (Å²) in [5, 5.41) is 7.71. The standard InChI is InChI=1S/C19H29N5O2S2.HI/c1-5-21-19(22-11-10-18-24-14(2)15(3)27-18)23-12-16-6-8-17(9-7-16)13-28(25,26)20-4;/h6-9,20H,5,10-13H2,1-4H3,(H2,21,22,23);1H. The van der Waals surface area contributed by atoms with Gasteiger partial charge in [0.15, 0.2) is 5.96 Å². The molecule has 0 aliphatic heterocycles. The molecule has 0 saturated carbocycles. The van der Waals surface area contributed by atoms with Crippen molar-refractivity contribution in [2.24, 2.45) is 4.99 Å². The highest BCUT2D eigenvalue weighted by Gasteiger charge is 2.08. The predicted octanol–water partition coefficient (Wildman–Crippen LogP) is 2.72. The molecule has 0 unspecified atom stereocenters. The number of sulfonamides is 1. The van der Waals surface area contributed by atoms with E-state index in [2.05, 4.69) is 32.3 Å². The number of thiazole rings is 1. The van der Waals surface area contributed by atoms with Crippen molar-refractivity contribution in [1.82, 2.24) is 20.3 Å². The van der Waals surface area contributed by atoms with Crippen molar-refractivity contribution < 1.29 is 8.42 Å². The molecule has 0 saturated heterocycles. The van der Waals surface area contributed by atoms with Crippen LogP contribution in [0.4, 0.5) is 0 Å². The van der Waals surface area contributed by atoms with Crippen LogP contribution in [0.5, 0.6) is 0 Å². The molecule has 0 bridgehead atoms. The van der Waals surface area contributed by atoms with Gasteiger partial charge in [-0.15, -0.1) is 35.3 Å². The summed E-state index contributed by atoms with van der Waals surface area (Å²) in [4.78, 5) is 10.4. The number of guanidine groups is 1. The van der Waals surface area contributed by atoms with Gasteiger partial charge in [-0.05, 0) is 38.9 Å². The topological polar surface area (TPSA) is 95.5 Å². The second-order valence-electron chi connectivity index (χ2n) is 6.40. The van der Waals surface area contributed by atoms with Gasteiger partial charge in [-0.2, -0.15) is 0 Å². The van der Waals surface area contributed by atoms with Gasteiger partial charge in [-0.1, -0.05) is 24.3 Å². The first kappa shape index (κ1) is 25.8. The summed E-state index contributed by atoms with van der Waals surface area (Å²) in [5.41, 5.74) is 2.88. The van der Waals surface area contributed by atoms with E-state index in [9.17, 15) is 8.42 Å². The van der Waals surface area contributed by atoms with Gasteiger partial charge in [-0.3, -0.25) is 0 Å². The lowest BCUT2D eigenvalue weighted by atomic mass is 10.1. The number of aliphatic imine (C=N–C) groups is 1. The molecule has 2 rings (SSSR count). The largest absolute Gasteiger partial charge is 0.357 e. The second kappa shape index (κ2) is 12.5. The molecule has 29 heavy (non-hydrogen) atoms. The average Bonchev–Trinajstić information content (AvgIpc) is 2.98. The van der Waals surface area contributed by atoms with E-state index < -0.39 is 10.0 Å². The number of aromatic nitrogens is 1. The van der Waals surface area contributed by atoms with Crippen molar-refractivity contribution in [3.8, 4) is 0 Å². The summed E-state index contributed by atoms with van der Waals surface area (Å²) in [5.74, 6) is 0.738. The Kier molecular flexibility index (Phi) is 11.1. The van der Waals surface area contributed by atoms with Gasteiger partial charge < -0.3 is 10.6 Å². The van der Waals surface area contributed by atoms with Gasteiger partial charge in [0.05, 0.1) is 23.0 Å². The minimum absolute atomic E-state index is 0. The normalized spacial score (nSPS) is 11.8. The highest BCUT2D eigenvalue weighted by atomic mass is 127. The SMILES string of the molecule is CCNC(=NCc1ccc(CS(=O)(=O)NC)cc1)NCCc1nc(C)c(C)s1.I. The summed E-state index contributed by atoms with van der Waals surface area (Å²) >= 11 is 1.74. The lowest BCUT2D eigenvalue weighted by molar-refractivity contribution is 0.587. The Hall–Kier alpha value is -1.24. The third-order valence-corrected chi connectivity index (χ3v) is 6.63. The van der Waals surface area contributed by atoms with Crippen LogP contribution in [0.2, 0.25) is 0 Å². The summed E-state index contributed by atoms with van der Waals surface area (Å²) < 4.78 is 25.5. The van der Waals surface area contributed by atoms with Crippen LogP contribution >= 0.6 is 35.3 Å². The maximum absolute atomic E-state index is 11.6. The van der Waals surface area contributed by atoms with Crippen LogP contribution in [0.25, 0.3) is 0 Å². The first-order valence-electron chi connectivity index (χ1n) is 9.27. The van der Waals surface area contributed by atoms with Crippen LogP contribution < -0.4 is 15.4 Å². The minimum atomic E-state index is -3.25. The molecule has 1 aromatic heterocycles. The highest BCUT2D eigenvalue weighted by molar-refractivity contribution is 14.0. The maximum Gasteiger partial charge on any atom is 0.215 e. The number of benzene rings is 1. The van der Waals surface area contributed by atoms with Crippen LogP contribution in [-0.2, 0) is 28.7 Å². The number of aryl methyl sites for hydroxylation is 2. The molecule has 1 heterocycles. The molecular weight excluding hydrogens is 521 g/mol. The van der Waals surface area contributed by atoms with E-state index in [-0.39, 0.29) is 29.7 Å². The van der Waals surface area contributed by atoms with Gasteiger partial charge in [0, 0.05) is 24.4 Å². The van der Waals surface area contributed by atoms with Gasteiger partial charge in [-0.25, -0.2) is 23.1 Å². The van der Waals surface area contributed by atoms with E-state index in [1.807, 2.05) is 38.1 Å². The summed E-state index contributed by atoms with van der Waals surface area (Å²) in [6.07, 6.45) is 0.860. The summed E-state index contributed by atoms with van der Waals surface area (Å²) in [7, 11) is -1.83. The molecule has 7 nitrogen and oxygen atoms in total. The zero-order chi connectivity index (χ0) is 20.6. The first-order chi connectivity index (χ1) is 13.3. The Morgan fingerprint density at radius 2 is 1.79 bits per heavy atom. The molecule has 2 aromatic rings. The lowest BCUT2D eigenvalue weighted by Crippen LogP contribution is -2.38. The van der Waals surface area contributed by atoms with Gasteiger partial charge in [0.1, 0.15) is 0 Å². The molecule has 3 N–H and O–H groups in total. The van der Waals surface area contributed by atoms with Crippen LogP contribution in [-0.4, -0.2) is 39.5 Å². The van der Waals surface area contributed by atoms with Crippen LogP contribution in [0, 0.1) is 13.8 Å². The molecule has 0 spiro atoms. The van der Waals surface area contributed by atoms with Crippen molar-refractivity contribution in [2.75, 3.05) is 20.1 Å². The average molecular weight is 552 g/mol. The number of hydrogen-bond donors (Lipinski definition) is 3. The Morgan fingerprint density at radius 1 is 1.14 bits per heavy atom. The fourth-order valence-corrected chi connectivity index (χ4v) is 4.19. The summed E-state index contributed by atoms with van der Waals surface area (Å²) in [6, 6.07) is 7.48. The smallest absolute Gasteiger partial charge is 0.215 e. The Balaban J connectivity index is 0.00000420. The van der Waals surface area contributed by atoms with E-state index in [0.29, 0.717) is 6.54 Å². The quantitative estimate of drug-likeness (QED) is 0.253. The van der Waals surface area contributed by atoms with E-state index in [1.165, 1.54) is 11.9 Å².